The highest BCUT2D eigenvalue weighted by Gasteiger charge is 2.17. The first kappa shape index (κ1) is 18.2. The number of halogens is 2. The van der Waals surface area contributed by atoms with Gasteiger partial charge >= 0.3 is 0 Å². The van der Waals surface area contributed by atoms with Gasteiger partial charge in [0.25, 0.3) is 5.91 Å². The zero-order valence-corrected chi connectivity index (χ0v) is 17.1. The van der Waals surface area contributed by atoms with Gasteiger partial charge in [0, 0.05) is 21.3 Å². The summed E-state index contributed by atoms with van der Waals surface area (Å²) >= 11 is 12.5. The maximum atomic E-state index is 12.5. The average molecular weight is 460 g/mol. The summed E-state index contributed by atoms with van der Waals surface area (Å²) in [6.45, 7) is 0. The Morgan fingerprint density at radius 3 is 2.56 bits per heavy atom. The van der Waals surface area contributed by atoms with Crippen LogP contribution in [0, 0.1) is 0 Å². The minimum atomic E-state index is -0.336. The van der Waals surface area contributed by atoms with E-state index >= 15 is 0 Å². The van der Waals surface area contributed by atoms with Gasteiger partial charge < -0.3 is 14.8 Å². The van der Waals surface area contributed by atoms with Crippen LogP contribution in [0.5, 0.6) is 11.5 Å². The Labute approximate surface area is 165 Å². The Kier molecular flexibility index (Phi) is 5.63. The smallest absolute Gasteiger partial charge is 0.275 e. The van der Waals surface area contributed by atoms with E-state index in [0.717, 1.165) is 14.4 Å². The van der Waals surface area contributed by atoms with Crippen LogP contribution in [0.25, 0.3) is 9.88 Å². The summed E-state index contributed by atoms with van der Waals surface area (Å²) in [5, 5.41) is 7.63. The zero-order valence-electron chi connectivity index (χ0n) is 13.1. The second-order valence-corrected chi connectivity index (χ2v) is 7.90. The second kappa shape index (κ2) is 7.74. The summed E-state index contributed by atoms with van der Waals surface area (Å²) in [6, 6.07) is 5.17. The number of anilines is 1. The molecule has 5 nitrogen and oxygen atoms in total. The first-order chi connectivity index (χ1) is 12.0. The van der Waals surface area contributed by atoms with Crippen LogP contribution in [-0.4, -0.2) is 25.1 Å². The molecule has 130 valence electrons. The molecule has 1 N–H and O–H groups in total. The number of benzene rings is 1. The number of amides is 1. The van der Waals surface area contributed by atoms with Crippen LogP contribution in [0.3, 0.4) is 0 Å². The molecule has 9 heteroatoms. The van der Waals surface area contributed by atoms with E-state index in [2.05, 4.69) is 26.2 Å². The molecule has 0 fully saturated rings. The van der Waals surface area contributed by atoms with Crippen molar-refractivity contribution in [1.29, 1.82) is 0 Å². The first-order valence-electron chi connectivity index (χ1n) is 6.94. The number of thiophene rings is 1. The Morgan fingerprint density at radius 2 is 1.92 bits per heavy atom. The standard InChI is InChI=1S/C16H12BrClN2O3S2/c1-22-12-5-13(23-2)10(4-9(12)18)19-15(21)11-7-25-16(20-11)14-3-8(17)6-24-14/h3-7H,1-2H3,(H,19,21). The summed E-state index contributed by atoms with van der Waals surface area (Å²) < 4.78 is 11.4. The van der Waals surface area contributed by atoms with Gasteiger partial charge in [-0.3, -0.25) is 4.79 Å². The van der Waals surface area contributed by atoms with E-state index in [4.69, 9.17) is 21.1 Å². The lowest BCUT2D eigenvalue weighted by molar-refractivity contribution is 0.102. The van der Waals surface area contributed by atoms with Gasteiger partial charge in [-0.1, -0.05) is 11.6 Å². The first-order valence-corrected chi connectivity index (χ1v) is 9.87. The molecule has 1 amide bonds. The van der Waals surface area contributed by atoms with E-state index in [1.54, 1.807) is 28.8 Å². The van der Waals surface area contributed by atoms with Crippen LogP contribution in [-0.2, 0) is 0 Å². The van der Waals surface area contributed by atoms with Crippen LogP contribution in [0.15, 0.2) is 33.4 Å². The molecule has 0 bridgehead atoms. The molecule has 0 unspecified atom stereocenters. The predicted octanol–water partition coefficient (Wildman–Crippen LogP) is 5.56. The summed E-state index contributed by atoms with van der Waals surface area (Å²) in [5.74, 6) is 0.584. The maximum absolute atomic E-state index is 12.5. The number of hydrogen-bond donors (Lipinski definition) is 1. The molecule has 0 radical (unpaired) electrons. The largest absolute Gasteiger partial charge is 0.495 e. The highest BCUT2D eigenvalue weighted by molar-refractivity contribution is 9.10. The SMILES string of the molecule is COc1cc(OC)c(NC(=O)c2csc(-c3cc(Br)cs3)n2)cc1Cl. The number of carbonyl (C=O) groups is 1. The van der Waals surface area contributed by atoms with E-state index in [1.807, 2.05) is 11.4 Å². The van der Waals surface area contributed by atoms with Gasteiger partial charge in [-0.15, -0.1) is 22.7 Å². The second-order valence-electron chi connectivity index (χ2n) is 4.81. The van der Waals surface area contributed by atoms with Gasteiger partial charge in [0.1, 0.15) is 22.2 Å². The third kappa shape index (κ3) is 3.98. The van der Waals surface area contributed by atoms with E-state index in [-0.39, 0.29) is 5.91 Å². The van der Waals surface area contributed by atoms with Crippen molar-refractivity contribution < 1.29 is 14.3 Å². The summed E-state index contributed by atoms with van der Waals surface area (Å²) in [6.07, 6.45) is 0. The number of nitrogens with one attached hydrogen (secondary N) is 1. The van der Waals surface area contributed by atoms with Crippen LogP contribution in [0.1, 0.15) is 10.5 Å². The maximum Gasteiger partial charge on any atom is 0.275 e. The fourth-order valence-corrected chi connectivity index (χ4v) is 4.61. The Morgan fingerprint density at radius 1 is 1.16 bits per heavy atom. The number of ether oxygens (including phenoxy) is 2. The third-order valence-electron chi connectivity index (χ3n) is 3.24. The van der Waals surface area contributed by atoms with Gasteiger partial charge in [-0.05, 0) is 28.1 Å². The van der Waals surface area contributed by atoms with Crippen molar-refractivity contribution >= 4 is 61.8 Å². The topological polar surface area (TPSA) is 60.5 Å². The molecule has 2 heterocycles. The van der Waals surface area contributed by atoms with E-state index in [9.17, 15) is 4.79 Å². The number of nitrogens with zero attached hydrogens (tertiary/aromatic N) is 1. The van der Waals surface area contributed by atoms with Gasteiger partial charge in [0.2, 0.25) is 0 Å². The van der Waals surface area contributed by atoms with Gasteiger partial charge in [0.05, 0.1) is 29.8 Å². The molecule has 0 spiro atoms. The van der Waals surface area contributed by atoms with Crippen molar-refractivity contribution in [1.82, 2.24) is 4.98 Å². The highest BCUT2D eigenvalue weighted by atomic mass is 79.9. The van der Waals surface area contributed by atoms with E-state index in [1.165, 1.54) is 25.6 Å². The molecule has 25 heavy (non-hydrogen) atoms. The minimum absolute atomic E-state index is 0.332. The van der Waals surface area contributed by atoms with Crippen molar-refractivity contribution in [3.63, 3.8) is 0 Å². The Balaban J connectivity index is 1.83. The third-order valence-corrected chi connectivity index (χ3v) is 6.24. The van der Waals surface area contributed by atoms with Crippen LogP contribution in [0.2, 0.25) is 5.02 Å². The molecule has 0 atom stereocenters. The lowest BCUT2D eigenvalue weighted by Gasteiger charge is -2.12. The predicted molar refractivity (Wildman–Crippen MR) is 106 cm³/mol. The van der Waals surface area contributed by atoms with Crippen molar-refractivity contribution in [2.75, 3.05) is 19.5 Å². The molecular formula is C16H12BrClN2O3S2. The average Bonchev–Trinajstić information content (AvgIpc) is 3.24. The zero-order chi connectivity index (χ0) is 18.0. The molecule has 3 aromatic rings. The Hall–Kier alpha value is -1.61. The van der Waals surface area contributed by atoms with Crippen LogP contribution >= 0.6 is 50.2 Å². The molecule has 0 aliphatic carbocycles. The number of hydrogen-bond acceptors (Lipinski definition) is 6. The fourth-order valence-electron chi connectivity index (χ4n) is 2.06. The Bertz CT molecular complexity index is 926. The molecule has 0 saturated heterocycles. The molecule has 3 rings (SSSR count). The lowest BCUT2D eigenvalue weighted by atomic mass is 10.2. The number of methoxy groups -OCH3 is 2. The molecular weight excluding hydrogens is 448 g/mol. The monoisotopic (exact) mass is 458 g/mol. The summed E-state index contributed by atoms with van der Waals surface area (Å²) in [5.41, 5.74) is 0.783. The fraction of sp³-hybridized carbons (Fsp3) is 0.125. The number of carbonyl (C=O) groups excluding carboxylic acids is 1. The quantitative estimate of drug-likeness (QED) is 0.543. The highest BCUT2D eigenvalue weighted by Crippen LogP contribution is 2.36. The van der Waals surface area contributed by atoms with Gasteiger partial charge in [0.15, 0.2) is 0 Å². The van der Waals surface area contributed by atoms with Crippen molar-refractivity contribution in [2.24, 2.45) is 0 Å². The normalized spacial score (nSPS) is 10.6. The van der Waals surface area contributed by atoms with Crippen LogP contribution < -0.4 is 14.8 Å². The van der Waals surface area contributed by atoms with Gasteiger partial charge in [-0.25, -0.2) is 4.98 Å². The van der Waals surface area contributed by atoms with E-state index < -0.39 is 0 Å². The van der Waals surface area contributed by atoms with Crippen molar-refractivity contribution in [3.8, 4) is 21.4 Å². The summed E-state index contributed by atoms with van der Waals surface area (Å²) in [7, 11) is 3.02. The molecule has 2 aromatic heterocycles. The number of rotatable bonds is 5. The molecule has 0 saturated carbocycles. The van der Waals surface area contributed by atoms with Gasteiger partial charge in [-0.2, -0.15) is 0 Å². The molecule has 0 aliphatic heterocycles. The number of aromatic nitrogens is 1. The van der Waals surface area contributed by atoms with Crippen molar-refractivity contribution in [3.05, 3.63) is 44.1 Å². The molecule has 1 aromatic carbocycles. The summed E-state index contributed by atoms with van der Waals surface area (Å²) in [4.78, 5) is 17.9. The lowest BCUT2D eigenvalue weighted by Crippen LogP contribution is -2.13. The molecule has 0 aliphatic rings. The van der Waals surface area contributed by atoms with Crippen molar-refractivity contribution in [2.45, 2.75) is 0 Å². The minimum Gasteiger partial charge on any atom is -0.495 e. The van der Waals surface area contributed by atoms with E-state index in [0.29, 0.717) is 27.9 Å². The number of thiazole rings is 1. The van der Waals surface area contributed by atoms with Crippen LogP contribution in [0.4, 0.5) is 5.69 Å².